The first kappa shape index (κ1) is 38.8. The van der Waals surface area contributed by atoms with Crippen LogP contribution in [0.3, 0.4) is 0 Å². The first-order valence-corrected chi connectivity index (χ1v) is 16.3. The molecular weight excluding hydrogens is 512 g/mol. The Morgan fingerprint density at radius 1 is 0.585 bits per heavy atom. The van der Waals surface area contributed by atoms with Crippen LogP contribution < -0.4 is 0 Å². The number of hydrogen-bond acceptors (Lipinski definition) is 4. The van der Waals surface area contributed by atoms with E-state index in [0.717, 1.165) is 25.2 Å². The molecule has 0 radical (unpaired) electrons. The van der Waals surface area contributed by atoms with Crippen molar-refractivity contribution in [1.29, 1.82) is 0 Å². The van der Waals surface area contributed by atoms with Gasteiger partial charge in [0.25, 0.3) is 0 Å². The van der Waals surface area contributed by atoms with Crippen molar-refractivity contribution >= 4 is 0 Å². The average Bonchev–Trinajstić information content (AvgIpc) is 3.25. The van der Waals surface area contributed by atoms with E-state index in [0.29, 0.717) is 22.7 Å². The number of rotatable bonds is 3. The molecule has 4 fully saturated rings. The minimum Gasteiger partial charge on any atom is -0.412 e. The van der Waals surface area contributed by atoms with Crippen LogP contribution in [0.15, 0.2) is 0 Å². The topological polar surface area (TPSA) is 112 Å². The molecule has 5 heteroatoms. The molecule has 4 saturated carbocycles. The Kier molecular flexibility index (Phi) is 10.7. The van der Waals surface area contributed by atoms with Gasteiger partial charge in [0.15, 0.2) is 0 Å². The van der Waals surface area contributed by atoms with Gasteiger partial charge in [-0.15, -0.1) is 0 Å². The molecule has 41 heavy (non-hydrogen) atoms. The molecule has 0 aromatic carbocycles. The van der Waals surface area contributed by atoms with Gasteiger partial charge in [0, 0.05) is 5.41 Å². The van der Waals surface area contributed by atoms with E-state index in [1.807, 2.05) is 62.3 Å². The highest BCUT2D eigenvalue weighted by Gasteiger charge is 2.67. The van der Waals surface area contributed by atoms with Crippen LogP contribution >= 0.6 is 0 Å². The molecule has 0 heterocycles. The molecule has 0 saturated heterocycles. The quantitative estimate of drug-likeness (QED) is 0.274. The van der Waals surface area contributed by atoms with Crippen molar-refractivity contribution < 1.29 is 25.9 Å². The first-order chi connectivity index (χ1) is 17.4. The molecule has 3 unspecified atom stereocenters. The van der Waals surface area contributed by atoms with E-state index in [4.69, 9.17) is 0 Å². The molecule has 4 rings (SSSR count). The van der Waals surface area contributed by atoms with Gasteiger partial charge in [0.05, 0.1) is 22.4 Å². The molecule has 0 amide bonds. The summed E-state index contributed by atoms with van der Waals surface area (Å²) in [5.74, 6) is 2.12. The summed E-state index contributed by atoms with van der Waals surface area (Å²) < 4.78 is 0. The van der Waals surface area contributed by atoms with Crippen LogP contribution in [0.5, 0.6) is 0 Å². The Morgan fingerprint density at radius 3 is 1.17 bits per heavy atom. The minimum atomic E-state index is -0.690. The van der Waals surface area contributed by atoms with Crippen LogP contribution in [0.25, 0.3) is 0 Å². The largest absolute Gasteiger partial charge is 0.412 e. The summed E-state index contributed by atoms with van der Waals surface area (Å²) in [6, 6.07) is 0. The zero-order valence-electron chi connectivity index (χ0n) is 30.0. The van der Waals surface area contributed by atoms with Gasteiger partial charge in [-0.1, -0.05) is 62.3 Å². The van der Waals surface area contributed by atoms with Crippen LogP contribution in [-0.2, 0) is 0 Å². The molecular formula is C36H72O5. The lowest BCUT2D eigenvalue weighted by atomic mass is 9.57. The second-order valence-electron chi connectivity index (χ2n) is 18.7. The predicted molar refractivity (Wildman–Crippen MR) is 173 cm³/mol. The van der Waals surface area contributed by atoms with Crippen molar-refractivity contribution in [2.24, 2.45) is 50.7 Å². The summed E-state index contributed by atoms with van der Waals surface area (Å²) in [6.45, 7) is 33.8. The molecule has 0 aliphatic heterocycles. The minimum absolute atomic E-state index is 0. The highest BCUT2D eigenvalue weighted by Crippen LogP contribution is 2.71. The smallest absolute Gasteiger partial charge is 0.0674 e. The lowest BCUT2D eigenvalue weighted by Crippen LogP contribution is -2.51. The Hall–Kier alpha value is -0.200. The Labute approximate surface area is 254 Å². The summed E-state index contributed by atoms with van der Waals surface area (Å²) in [5.41, 5.74) is -1.51. The van der Waals surface area contributed by atoms with E-state index >= 15 is 0 Å². The van der Waals surface area contributed by atoms with E-state index in [-0.39, 0.29) is 27.6 Å². The molecule has 0 spiro atoms. The van der Waals surface area contributed by atoms with E-state index in [1.54, 1.807) is 0 Å². The third kappa shape index (κ3) is 6.46. The zero-order valence-corrected chi connectivity index (χ0v) is 30.0. The van der Waals surface area contributed by atoms with Crippen LogP contribution in [0, 0.1) is 50.7 Å². The van der Waals surface area contributed by atoms with Crippen LogP contribution in [-0.4, -0.2) is 48.3 Å². The maximum absolute atomic E-state index is 10.5. The van der Waals surface area contributed by atoms with Crippen molar-refractivity contribution in [3.05, 3.63) is 0 Å². The fourth-order valence-electron chi connectivity index (χ4n) is 10.7. The molecule has 6 N–H and O–H groups in total. The summed E-state index contributed by atoms with van der Waals surface area (Å²) in [4.78, 5) is 0. The molecule has 5 nitrogen and oxygen atoms in total. The second kappa shape index (κ2) is 11.3. The average molecular weight is 585 g/mol. The van der Waals surface area contributed by atoms with E-state index in [9.17, 15) is 20.4 Å². The summed E-state index contributed by atoms with van der Waals surface area (Å²) in [7, 11) is 0. The van der Waals surface area contributed by atoms with Gasteiger partial charge in [-0.3, -0.25) is 0 Å². The third-order valence-corrected chi connectivity index (χ3v) is 14.2. The van der Waals surface area contributed by atoms with Gasteiger partial charge in [0.2, 0.25) is 0 Å². The normalized spacial score (nSPS) is 38.3. The van der Waals surface area contributed by atoms with Crippen LogP contribution in [0.2, 0.25) is 0 Å². The van der Waals surface area contributed by atoms with Crippen molar-refractivity contribution in [2.45, 2.75) is 178 Å². The third-order valence-electron chi connectivity index (χ3n) is 14.2. The molecule has 4 aliphatic carbocycles. The van der Waals surface area contributed by atoms with Crippen LogP contribution in [0.4, 0.5) is 0 Å². The van der Waals surface area contributed by atoms with Gasteiger partial charge in [0.1, 0.15) is 0 Å². The van der Waals surface area contributed by atoms with Crippen molar-refractivity contribution in [3.63, 3.8) is 0 Å². The van der Waals surface area contributed by atoms with E-state index in [2.05, 4.69) is 48.5 Å². The van der Waals surface area contributed by atoms with Gasteiger partial charge in [-0.05, 0) is 139 Å². The lowest BCUT2D eigenvalue weighted by molar-refractivity contribution is -0.121. The second-order valence-corrected chi connectivity index (χ2v) is 18.7. The van der Waals surface area contributed by atoms with Gasteiger partial charge >= 0.3 is 0 Å². The number of fused-ring (bicyclic) bond motifs is 2. The van der Waals surface area contributed by atoms with Crippen molar-refractivity contribution in [2.75, 3.05) is 0 Å². The molecule has 2 bridgehead atoms. The summed E-state index contributed by atoms with van der Waals surface area (Å²) in [6.07, 6.45) is 7.93. The number of hydrogen-bond donors (Lipinski definition) is 4. The van der Waals surface area contributed by atoms with Gasteiger partial charge < -0.3 is 25.9 Å². The number of aliphatic hydroxyl groups is 4. The Balaban J connectivity index is 0.000000304. The molecule has 246 valence electrons. The predicted octanol–water partition coefficient (Wildman–Crippen LogP) is 7.56. The summed E-state index contributed by atoms with van der Waals surface area (Å²) in [5, 5.41) is 40.7. The Morgan fingerprint density at radius 2 is 1.00 bits per heavy atom. The van der Waals surface area contributed by atoms with E-state index in [1.165, 1.54) is 25.7 Å². The molecule has 0 aromatic rings. The maximum atomic E-state index is 10.5. The van der Waals surface area contributed by atoms with Crippen LogP contribution in [0.1, 0.15) is 156 Å². The van der Waals surface area contributed by atoms with E-state index < -0.39 is 22.4 Å². The highest BCUT2D eigenvalue weighted by atomic mass is 16.3. The highest BCUT2D eigenvalue weighted by molar-refractivity contribution is 5.16. The Bertz CT molecular complexity index is 831. The fourth-order valence-corrected chi connectivity index (χ4v) is 10.7. The molecule has 4 aliphatic rings. The maximum Gasteiger partial charge on any atom is 0.0674 e. The zero-order chi connectivity index (χ0) is 31.8. The van der Waals surface area contributed by atoms with Crippen molar-refractivity contribution in [3.8, 4) is 0 Å². The summed E-state index contributed by atoms with van der Waals surface area (Å²) >= 11 is 0. The van der Waals surface area contributed by atoms with Gasteiger partial charge in [-0.2, -0.15) is 0 Å². The SMILES string of the molecule is CC(C)(O)[C@H]1CCC(C)(C)C1(C)C.CC(C)(O)[C@H]1CC[C@@](C)(O)C1(C)C.CC1CC2CCC1(C(C)(C)O)C2(C)C.O. The fraction of sp³-hybridized carbons (Fsp3) is 1.00. The first-order valence-electron chi connectivity index (χ1n) is 16.3. The standard InChI is InChI=1S/C13H24O.C12H24O.C11H22O2.H2O/c1-9-8-10-6-7-13(9,11(10,2)3)12(4,5)14;1-10(2)8-7-9(11(10,3)4)12(5,6)13;1-9(2)8(10(3,4)12)6-7-11(9,5)13;/h9-10,14H,6-8H2,1-5H3;9,13H,7-8H2,1-6H3;8,12-13H,6-7H2,1-5H3;1H2/t;9-;8-,11+;/m.00./s1. The molecule has 6 atom stereocenters. The molecule has 0 aromatic heterocycles. The van der Waals surface area contributed by atoms with Crippen molar-refractivity contribution in [1.82, 2.24) is 0 Å². The van der Waals surface area contributed by atoms with Gasteiger partial charge in [-0.25, -0.2) is 0 Å². The monoisotopic (exact) mass is 585 g/mol. The lowest BCUT2D eigenvalue weighted by Gasteiger charge is -2.50.